The lowest BCUT2D eigenvalue weighted by atomic mass is 10.0. The van der Waals surface area contributed by atoms with Gasteiger partial charge < -0.3 is 4.74 Å². The Labute approximate surface area is 249 Å². The van der Waals surface area contributed by atoms with Gasteiger partial charge in [0, 0.05) is 13.2 Å². The maximum Gasteiger partial charge on any atom is 0.0466 e. The minimum Gasteiger partial charge on any atom is -0.381 e. The average molecular weight is 550 g/mol. The minimum absolute atomic E-state index is 0.966. The molecule has 39 heavy (non-hydrogen) atoms. The van der Waals surface area contributed by atoms with Gasteiger partial charge in [-0.05, 0) is 25.7 Å². The third-order valence-corrected chi connectivity index (χ3v) is 8.60. The molecular weight excluding hydrogens is 472 g/mol. The van der Waals surface area contributed by atoms with E-state index in [2.05, 4.69) is 20.3 Å². The predicted octanol–water partition coefficient (Wildman–Crippen LogP) is 14.1. The van der Waals surface area contributed by atoms with E-state index in [9.17, 15) is 0 Å². The summed E-state index contributed by atoms with van der Waals surface area (Å²) in [4.78, 5) is 0. The van der Waals surface area contributed by atoms with Gasteiger partial charge >= 0.3 is 0 Å². The molecule has 0 aliphatic carbocycles. The molecule has 1 radical (unpaired) electrons. The van der Waals surface area contributed by atoms with Crippen molar-refractivity contribution in [3.05, 3.63) is 6.42 Å². The normalized spacial score (nSPS) is 11.5. The van der Waals surface area contributed by atoms with E-state index in [0.29, 0.717) is 0 Å². The second-order valence-corrected chi connectivity index (χ2v) is 12.7. The van der Waals surface area contributed by atoms with Crippen LogP contribution >= 0.6 is 0 Å². The van der Waals surface area contributed by atoms with Crippen LogP contribution in [0.15, 0.2) is 0 Å². The highest BCUT2D eigenvalue weighted by molar-refractivity contribution is 4.64. The van der Waals surface area contributed by atoms with Gasteiger partial charge in [0.1, 0.15) is 0 Å². The van der Waals surface area contributed by atoms with Crippen LogP contribution in [0, 0.1) is 6.42 Å². The van der Waals surface area contributed by atoms with E-state index in [4.69, 9.17) is 4.74 Å². The topological polar surface area (TPSA) is 9.23 Å². The molecule has 0 aromatic rings. The molecule has 0 heterocycles. The van der Waals surface area contributed by atoms with E-state index >= 15 is 0 Å². The van der Waals surface area contributed by atoms with E-state index in [1.54, 1.807) is 0 Å². The van der Waals surface area contributed by atoms with Gasteiger partial charge in [0.05, 0.1) is 0 Å². The van der Waals surface area contributed by atoms with Crippen molar-refractivity contribution in [1.82, 2.24) is 0 Å². The number of ether oxygens (including phenoxy) is 1. The van der Waals surface area contributed by atoms with Gasteiger partial charge in [0.15, 0.2) is 0 Å². The Balaban J connectivity index is 3.01. The van der Waals surface area contributed by atoms with Crippen LogP contribution in [0.1, 0.15) is 226 Å². The first kappa shape index (κ1) is 39.0. The summed E-state index contributed by atoms with van der Waals surface area (Å²) in [7, 11) is 0. The molecule has 0 aromatic heterocycles. The Morgan fingerprint density at radius 3 is 0.897 bits per heavy atom. The molecule has 0 atom stereocenters. The van der Waals surface area contributed by atoms with Gasteiger partial charge in [-0.15, -0.1) is 0 Å². The Morgan fingerprint density at radius 1 is 0.282 bits per heavy atom. The number of rotatable bonds is 36. The van der Waals surface area contributed by atoms with Crippen LogP contribution in [0.2, 0.25) is 0 Å². The quantitative estimate of drug-likeness (QED) is 0.0706. The van der Waals surface area contributed by atoms with Crippen molar-refractivity contribution >= 4 is 0 Å². The lowest BCUT2D eigenvalue weighted by Crippen LogP contribution is -1.97. The first-order valence-corrected chi connectivity index (χ1v) is 18.8. The van der Waals surface area contributed by atoms with Crippen LogP contribution < -0.4 is 0 Å². The molecule has 235 valence electrons. The van der Waals surface area contributed by atoms with Gasteiger partial charge in [-0.25, -0.2) is 0 Å². The van der Waals surface area contributed by atoms with Gasteiger partial charge in [-0.2, -0.15) is 0 Å². The first-order valence-electron chi connectivity index (χ1n) is 18.8. The van der Waals surface area contributed by atoms with Gasteiger partial charge in [-0.3, -0.25) is 0 Å². The molecule has 0 spiro atoms. The van der Waals surface area contributed by atoms with Crippen LogP contribution in [0.25, 0.3) is 0 Å². The molecule has 0 aliphatic rings. The van der Waals surface area contributed by atoms with E-state index in [1.165, 1.54) is 212 Å². The van der Waals surface area contributed by atoms with Gasteiger partial charge in [-0.1, -0.05) is 206 Å². The van der Waals surface area contributed by atoms with E-state index in [-0.39, 0.29) is 0 Å². The van der Waals surface area contributed by atoms with Crippen LogP contribution in [0.3, 0.4) is 0 Å². The fraction of sp³-hybridized carbons (Fsp3) is 0.974. The maximum absolute atomic E-state index is 5.86. The van der Waals surface area contributed by atoms with Crippen molar-refractivity contribution in [3.63, 3.8) is 0 Å². The summed E-state index contributed by atoms with van der Waals surface area (Å²) in [5.74, 6) is 0. The average Bonchev–Trinajstić information content (AvgIpc) is 2.95. The highest BCUT2D eigenvalue weighted by atomic mass is 16.5. The molecule has 0 N–H and O–H groups in total. The largest absolute Gasteiger partial charge is 0.381 e. The molecule has 1 nitrogen and oxygen atoms in total. The van der Waals surface area contributed by atoms with Crippen LogP contribution in [-0.2, 0) is 4.74 Å². The van der Waals surface area contributed by atoms with Gasteiger partial charge in [0.25, 0.3) is 0 Å². The summed E-state index contributed by atoms with van der Waals surface area (Å²) in [6, 6.07) is 0. The lowest BCUT2D eigenvalue weighted by molar-refractivity contribution is 0.127. The zero-order valence-corrected chi connectivity index (χ0v) is 27.7. The molecular formula is C38H77O. The molecule has 0 unspecified atom stereocenters. The van der Waals surface area contributed by atoms with Crippen molar-refractivity contribution in [2.24, 2.45) is 0 Å². The standard InChI is InChI=1S/C38H77O/c1-3-5-7-9-11-13-15-17-19-21-22-24-26-28-30-32-34-36-38-39-37-35-33-31-29-27-25-23-20-18-16-14-12-10-8-6-4-2/h32H,3-31,33-38H2,1-2H3. The molecule has 0 aliphatic heterocycles. The van der Waals surface area contributed by atoms with E-state index in [1.807, 2.05) is 0 Å². The summed E-state index contributed by atoms with van der Waals surface area (Å²) >= 11 is 0. The minimum atomic E-state index is 0.966. The van der Waals surface area contributed by atoms with Crippen molar-refractivity contribution in [1.29, 1.82) is 0 Å². The molecule has 0 bridgehead atoms. The van der Waals surface area contributed by atoms with Crippen LogP contribution in [0.5, 0.6) is 0 Å². The zero-order chi connectivity index (χ0) is 28.2. The zero-order valence-electron chi connectivity index (χ0n) is 27.7. The summed E-state index contributed by atoms with van der Waals surface area (Å²) in [6.45, 7) is 6.56. The molecule has 0 saturated carbocycles. The predicted molar refractivity (Wildman–Crippen MR) is 179 cm³/mol. The summed E-state index contributed by atoms with van der Waals surface area (Å²) in [5.41, 5.74) is 0. The second-order valence-electron chi connectivity index (χ2n) is 12.7. The van der Waals surface area contributed by atoms with E-state index in [0.717, 1.165) is 13.2 Å². The molecule has 0 saturated heterocycles. The fourth-order valence-corrected chi connectivity index (χ4v) is 5.81. The van der Waals surface area contributed by atoms with Crippen molar-refractivity contribution in [2.75, 3.05) is 13.2 Å². The van der Waals surface area contributed by atoms with Crippen LogP contribution in [0.4, 0.5) is 0 Å². The molecule has 0 fully saturated rings. The molecule has 1 heteroatoms. The summed E-state index contributed by atoms with van der Waals surface area (Å²) in [5, 5.41) is 0. The Bertz CT molecular complexity index is 356. The maximum atomic E-state index is 5.86. The first-order chi connectivity index (χ1) is 19.4. The summed E-state index contributed by atoms with van der Waals surface area (Å²) in [6.07, 6.45) is 49.6. The lowest BCUT2D eigenvalue weighted by Gasteiger charge is -2.05. The van der Waals surface area contributed by atoms with Crippen molar-refractivity contribution in [3.8, 4) is 0 Å². The fourth-order valence-electron chi connectivity index (χ4n) is 5.81. The Morgan fingerprint density at radius 2 is 0.538 bits per heavy atom. The third-order valence-electron chi connectivity index (χ3n) is 8.60. The second kappa shape index (κ2) is 38.0. The highest BCUT2D eigenvalue weighted by Gasteiger charge is 1.97. The Kier molecular flexibility index (Phi) is 37.9. The number of unbranched alkanes of at least 4 members (excludes halogenated alkanes) is 32. The summed E-state index contributed by atoms with van der Waals surface area (Å²) < 4.78 is 5.86. The van der Waals surface area contributed by atoms with E-state index < -0.39 is 0 Å². The number of hydrogen-bond donors (Lipinski definition) is 0. The molecule has 0 rings (SSSR count). The molecule has 0 aromatic carbocycles. The van der Waals surface area contributed by atoms with Crippen molar-refractivity contribution < 1.29 is 4.74 Å². The number of hydrogen-bond acceptors (Lipinski definition) is 1. The Hall–Kier alpha value is -0.0400. The van der Waals surface area contributed by atoms with Gasteiger partial charge in [0.2, 0.25) is 0 Å². The monoisotopic (exact) mass is 550 g/mol. The SMILES string of the molecule is CCCCCCCCCCCCCCCC[CH]CCCOCCCCCCCCCCCCCCCCCC. The third kappa shape index (κ3) is 38.0. The molecule has 0 amide bonds. The highest BCUT2D eigenvalue weighted by Crippen LogP contribution is 2.15. The smallest absolute Gasteiger partial charge is 0.0466 e. The van der Waals surface area contributed by atoms with Crippen molar-refractivity contribution in [2.45, 2.75) is 226 Å². The van der Waals surface area contributed by atoms with Crippen LogP contribution in [-0.4, -0.2) is 13.2 Å².